The second-order valence-corrected chi connectivity index (χ2v) is 3.72. The minimum absolute atomic E-state index is 0.108. The number of rotatable bonds is 2. The molecule has 0 atom stereocenters. The smallest absolute Gasteiger partial charge is 0.270 e. The summed E-state index contributed by atoms with van der Waals surface area (Å²) in [6.07, 6.45) is 3.11. The van der Waals surface area contributed by atoms with Crippen molar-refractivity contribution in [3.05, 3.63) is 63.4 Å². The Morgan fingerprint density at radius 2 is 1.94 bits per heavy atom. The van der Waals surface area contributed by atoms with E-state index in [1.807, 2.05) is 0 Å². The SMILES string of the molecule is O=C(c1cc([N+](=O)[O-])ccc1Cl)n1cccc1. The van der Waals surface area contributed by atoms with Crippen molar-refractivity contribution in [2.45, 2.75) is 0 Å². The Bertz CT molecular complexity index is 578. The Morgan fingerprint density at radius 1 is 1.29 bits per heavy atom. The first kappa shape index (κ1) is 11.3. The maximum Gasteiger partial charge on any atom is 0.270 e. The summed E-state index contributed by atoms with van der Waals surface area (Å²) < 4.78 is 1.31. The highest BCUT2D eigenvalue weighted by atomic mass is 35.5. The van der Waals surface area contributed by atoms with Gasteiger partial charge in [-0.1, -0.05) is 11.6 Å². The number of nitro groups is 1. The first-order valence-corrected chi connectivity index (χ1v) is 5.09. The van der Waals surface area contributed by atoms with Gasteiger partial charge in [-0.25, -0.2) is 0 Å². The Morgan fingerprint density at radius 3 is 2.53 bits per heavy atom. The first-order chi connectivity index (χ1) is 8.09. The topological polar surface area (TPSA) is 65.1 Å². The van der Waals surface area contributed by atoms with Crippen molar-refractivity contribution < 1.29 is 9.72 Å². The van der Waals surface area contributed by atoms with Crippen LogP contribution in [0.2, 0.25) is 5.02 Å². The van der Waals surface area contributed by atoms with Gasteiger partial charge in [0.05, 0.1) is 15.5 Å². The second kappa shape index (κ2) is 4.39. The van der Waals surface area contributed by atoms with E-state index in [0.717, 1.165) is 0 Å². The number of nitro benzene ring substituents is 1. The minimum atomic E-state index is -0.567. The van der Waals surface area contributed by atoms with Crippen molar-refractivity contribution in [2.75, 3.05) is 0 Å². The standard InChI is InChI=1S/C11H7ClN2O3/c12-10-4-3-8(14(16)17)7-9(10)11(15)13-5-1-2-6-13/h1-7H. The van der Waals surface area contributed by atoms with Crippen LogP contribution in [0.15, 0.2) is 42.7 Å². The highest BCUT2D eigenvalue weighted by Crippen LogP contribution is 2.22. The van der Waals surface area contributed by atoms with Crippen LogP contribution in [0.1, 0.15) is 10.4 Å². The van der Waals surface area contributed by atoms with Crippen molar-refractivity contribution in [3.8, 4) is 0 Å². The normalized spacial score (nSPS) is 10.2. The van der Waals surface area contributed by atoms with Gasteiger partial charge >= 0.3 is 0 Å². The van der Waals surface area contributed by atoms with E-state index < -0.39 is 10.8 Å². The van der Waals surface area contributed by atoms with Gasteiger partial charge < -0.3 is 0 Å². The van der Waals surface area contributed by atoms with Gasteiger partial charge in [-0.3, -0.25) is 19.5 Å². The lowest BCUT2D eigenvalue weighted by Crippen LogP contribution is -2.10. The molecule has 0 fully saturated rings. The van der Waals surface area contributed by atoms with Gasteiger partial charge in [-0.05, 0) is 18.2 Å². The molecule has 1 heterocycles. The van der Waals surface area contributed by atoms with Crippen LogP contribution in [0, 0.1) is 10.1 Å². The molecule has 1 aromatic heterocycles. The van der Waals surface area contributed by atoms with Crippen LogP contribution in [-0.2, 0) is 0 Å². The zero-order valence-corrected chi connectivity index (χ0v) is 9.29. The lowest BCUT2D eigenvalue weighted by molar-refractivity contribution is -0.384. The van der Waals surface area contributed by atoms with E-state index in [1.165, 1.54) is 22.8 Å². The molecule has 0 N–H and O–H groups in total. The van der Waals surface area contributed by atoms with Gasteiger partial charge in [0.2, 0.25) is 0 Å². The summed E-state index contributed by atoms with van der Waals surface area (Å²) in [4.78, 5) is 22.0. The third-order valence-electron chi connectivity index (χ3n) is 2.23. The monoisotopic (exact) mass is 250 g/mol. The van der Waals surface area contributed by atoms with Crippen LogP contribution < -0.4 is 0 Å². The summed E-state index contributed by atoms with van der Waals surface area (Å²) >= 11 is 5.86. The maximum absolute atomic E-state index is 12.0. The molecule has 0 aliphatic carbocycles. The van der Waals surface area contributed by atoms with E-state index in [9.17, 15) is 14.9 Å². The molecule has 0 unspecified atom stereocenters. The zero-order valence-electron chi connectivity index (χ0n) is 8.54. The number of benzene rings is 1. The zero-order chi connectivity index (χ0) is 12.4. The van der Waals surface area contributed by atoms with Crippen molar-refractivity contribution >= 4 is 23.2 Å². The number of non-ortho nitro benzene ring substituents is 1. The molecular formula is C11H7ClN2O3. The summed E-state index contributed by atoms with van der Waals surface area (Å²) in [7, 11) is 0. The largest absolute Gasteiger partial charge is 0.291 e. The van der Waals surface area contributed by atoms with Crippen molar-refractivity contribution in [2.24, 2.45) is 0 Å². The van der Waals surface area contributed by atoms with Crippen LogP contribution in [0.5, 0.6) is 0 Å². The highest BCUT2D eigenvalue weighted by Gasteiger charge is 2.16. The molecule has 17 heavy (non-hydrogen) atoms. The average Bonchev–Trinajstić information content (AvgIpc) is 2.81. The van der Waals surface area contributed by atoms with Gasteiger partial charge in [0, 0.05) is 24.5 Å². The molecule has 0 spiro atoms. The van der Waals surface area contributed by atoms with Gasteiger partial charge in [-0.2, -0.15) is 0 Å². The van der Waals surface area contributed by atoms with Crippen LogP contribution in [0.3, 0.4) is 0 Å². The Balaban J connectivity index is 2.48. The molecular weight excluding hydrogens is 244 g/mol. The third-order valence-corrected chi connectivity index (χ3v) is 2.56. The van der Waals surface area contributed by atoms with Crippen LogP contribution in [-0.4, -0.2) is 15.4 Å². The predicted octanol–water partition coefficient (Wildman–Crippen LogP) is 2.74. The molecule has 0 saturated carbocycles. The Hall–Kier alpha value is -2.14. The van der Waals surface area contributed by atoms with Crippen LogP contribution >= 0.6 is 11.6 Å². The molecule has 2 aromatic rings. The van der Waals surface area contributed by atoms with Gasteiger partial charge in [0.25, 0.3) is 11.6 Å². The molecule has 0 aliphatic heterocycles. The van der Waals surface area contributed by atoms with Crippen molar-refractivity contribution in [1.82, 2.24) is 4.57 Å². The van der Waals surface area contributed by atoms with Crippen LogP contribution in [0.4, 0.5) is 5.69 Å². The Kier molecular flexibility index (Phi) is 2.93. The summed E-state index contributed by atoms with van der Waals surface area (Å²) in [5.41, 5.74) is -0.0537. The Labute approximate surface area is 101 Å². The van der Waals surface area contributed by atoms with Crippen LogP contribution in [0.25, 0.3) is 0 Å². The molecule has 86 valence electrons. The fraction of sp³-hybridized carbons (Fsp3) is 0. The van der Waals surface area contributed by atoms with Gasteiger partial charge in [0.1, 0.15) is 0 Å². The molecule has 0 saturated heterocycles. The van der Waals surface area contributed by atoms with E-state index in [4.69, 9.17) is 11.6 Å². The summed E-state index contributed by atoms with van der Waals surface area (Å²) in [5, 5.41) is 10.8. The first-order valence-electron chi connectivity index (χ1n) is 4.71. The molecule has 0 bridgehead atoms. The lowest BCUT2D eigenvalue weighted by Gasteiger charge is -2.03. The summed E-state index contributed by atoms with van der Waals surface area (Å²) in [6.45, 7) is 0. The molecule has 0 aliphatic rings. The average molecular weight is 251 g/mol. The number of halogens is 1. The predicted molar refractivity (Wildman–Crippen MR) is 62.3 cm³/mol. The summed E-state index contributed by atoms with van der Waals surface area (Å²) in [6, 6.07) is 7.14. The lowest BCUT2D eigenvalue weighted by atomic mass is 10.2. The number of nitrogens with zero attached hydrogens (tertiary/aromatic N) is 2. The van der Waals surface area contributed by atoms with Crippen molar-refractivity contribution in [3.63, 3.8) is 0 Å². The number of hydrogen-bond donors (Lipinski definition) is 0. The fourth-order valence-electron chi connectivity index (χ4n) is 1.40. The summed E-state index contributed by atoms with van der Waals surface area (Å²) in [5.74, 6) is -0.399. The van der Waals surface area contributed by atoms with E-state index in [0.29, 0.717) is 0 Å². The van der Waals surface area contributed by atoms with E-state index >= 15 is 0 Å². The number of hydrogen-bond acceptors (Lipinski definition) is 3. The molecule has 0 amide bonds. The van der Waals surface area contributed by atoms with E-state index in [1.54, 1.807) is 24.5 Å². The third kappa shape index (κ3) is 2.19. The maximum atomic E-state index is 12.0. The second-order valence-electron chi connectivity index (χ2n) is 3.32. The van der Waals surface area contributed by atoms with Gasteiger partial charge in [-0.15, -0.1) is 0 Å². The number of aromatic nitrogens is 1. The van der Waals surface area contributed by atoms with Gasteiger partial charge in [0.15, 0.2) is 0 Å². The number of carbonyl (C=O) groups excluding carboxylic acids is 1. The minimum Gasteiger partial charge on any atom is -0.291 e. The van der Waals surface area contributed by atoms with E-state index in [2.05, 4.69) is 0 Å². The van der Waals surface area contributed by atoms with Crippen molar-refractivity contribution in [1.29, 1.82) is 0 Å². The highest BCUT2D eigenvalue weighted by molar-refractivity contribution is 6.34. The molecule has 5 nitrogen and oxygen atoms in total. The van der Waals surface area contributed by atoms with E-state index in [-0.39, 0.29) is 16.3 Å². The molecule has 0 radical (unpaired) electrons. The molecule has 6 heteroatoms. The molecule has 2 rings (SSSR count). The quantitative estimate of drug-likeness (QED) is 0.608. The molecule has 1 aromatic carbocycles. The number of carbonyl (C=O) groups is 1. The fourth-order valence-corrected chi connectivity index (χ4v) is 1.60.